The fourth-order valence-electron chi connectivity index (χ4n) is 4.93. The molecule has 61 heavy (non-hydrogen) atoms. The second-order valence-electron chi connectivity index (χ2n) is 18.1. The molecule has 366 valence electrons. The Bertz CT molecular complexity index is 794. The van der Waals surface area contributed by atoms with Crippen molar-refractivity contribution in [2.24, 2.45) is 35.5 Å². The van der Waals surface area contributed by atoms with Gasteiger partial charge in [0.2, 0.25) is 0 Å². The van der Waals surface area contributed by atoms with Gasteiger partial charge in [0.15, 0.2) is 0 Å². The summed E-state index contributed by atoms with van der Waals surface area (Å²) in [5, 5.41) is 59.6. The van der Waals surface area contributed by atoms with Crippen molar-refractivity contribution in [3.8, 4) is 0 Å². The molecule has 0 amide bonds. The zero-order chi connectivity index (χ0) is 47.9. The minimum Gasteiger partial charge on any atom is -0.550 e. The molecule has 0 saturated heterocycles. The van der Waals surface area contributed by atoms with Crippen LogP contribution in [0.3, 0.4) is 0 Å². The number of carbonyl (C=O) groups excluding carboxylic acids is 6. The van der Waals surface area contributed by atoms with E-state index in [4.69, 9.17) is 0 Å². The van der Waals surface area contributed by atoms with Crippen molar-refractivity contribution in [1.29, 1.82) is 0 Å². The van der Waals surface area contributed by atoms with Crippen molar-refractivity contribution in [2.45, 2.75) is 237 Å². The van der Waals surface area contributed by atoms with Crippen LogP contribution in [0.5, 0.6) is 0 Å². The monoisotopic (exact) mass is 957 g/mol. The minimum absolute atomic E-state index is 0. The average molecular weight is 955 g/mol. The van der Waals surface area contributed by atoms with Crippen LogP contribution in [-0.4, -0.2) is 35.8 Å². The number of carboxylic acids is 6. The maximum atomic E-state index is 9.93. The molecule has 12 nitrogen and oxygen atoms in total. The Morgan fingerprint density at radius 3 is 0.410 bits per heavy atom. The summed E-state index contributed by atoms with van der Waals surface area (Å²) in [5.41, 5.74) is 0. The molecule has 0 bridgehead atoms. The van der Waals surface area contributed by atoms with E-state index in [1.165, 1.54) is 0 Å². The van der Waals surface area contributed by atoms with Gasteiger partial charge in [-0.2, -0.15) is 0 Å². The number of hydrogen-bond acceptors (Lipinski definition) is 12. The van der Waals surface area contributed by atoms with Crippen molar-refractivity contribution in [1.82, 2.24) is 0 Å². The number of unbranched alkanes of at least 4 members (excludes halogenated alkanes) is 6. The molecule has 0 spiro atoms. The summed E-state index contributed by atoms with van der Waals surface area (Å²) in [4.78, 5) is 59.6. The number of aliphatic carboxylic acids is 6. The Kier molecular flexibility index (Phi) is 66.4. The van der Waals surface area contributed by atoms with Gasteiger partial charge in [0.1, 0.15) is 0 Å². The van der Waals surface area contributed by atoms with Crippen molar-refractivity contribution in [3.05, 3.63) is 0 Å². The van der Waals surface area contributed by atoms with E-state index in [1.54, 1.807) is 0 Å². The molecule has 0 aliphatic carbocycles. The molecule has 0 aliphatic rings. The number of carbonyl (C=O) groups is 6. The molecule has 0 N–H and O–H groups in total. The van der Waals surface area contributed by atoms with Crippen LogP contribution < -0.4 is 30.6 Å². The summed E-state index contributed by atoms with van der Waals surface area (Å²) in [6.07, 6.45) is 18.6. The van der Waals surface area contributed by atoms with Gasteiger partial charge in [-0.25, -0.2) is 0 Å². The van der Waals surface area contributed by atoms with Crippen LogP contribution in [0, 0.1) is 35.5 Å². The third-order valence-corrected chi connectivity index (χ3v) is 8.47. The van der Waals surface area contributed by atoms with E-state index in [9.17, 15) is 59.4 Å². The molecule has 0 unspecified atom stereocenters. The standard InChI is InChI=1S/6C8H16O2.Mo/c6*1-7(2)5-3-4-6-8(9)10;/h6*7H,3-6H2,1-2H3,(H,9,10);/p-6. The summed E-state index contributed by atoms with van der Waals surface area (Å²) in [5.74, 6) is -1.47. The molecule has 13 heteroatoms. The SMILES string of the molecule is CC(C)CCCCC(=O)[O-].CC(C)CCCCC(=O)[O-].CC(C)CCCCC(=O)[O-].CC(C)CCCCC(=O)[O-].CC(C)CCCCC(=O)[O-].CC(C)CCCCC(=O)[O-].[Mo]. The van der Waals surface area contributed by atoms with Crippen molar-refractivity contribution in [3.63, 3.8) is 0 Å². The summed E-state index contributed by atoms with van der Waals surface area (Å²) < 4.78 is 0. The van der Waals surface area contributed by atoms with Gasteiger partial charge in [0.25, 0.3) is 0 Å². The van der Waals surface area contributed by atoms with E-state index < -0.39 is 35.8 Å². The molecule has 0 atom stereocenters. The quantitative estimate of drug-likeness (QED) is 0.0621. The van der Waals surface area contributed by atoms with Gasteiger partial charge >= 0.3 is 0 Å². The zero-order valence-electron chi connectivity index (χ0n) is 40.7. The van der Waals surface area contributed by atoms with Crippen LogP contribution in [0.25, 0.3) is 0 Å². The second-order valence-corrected chi connectivity index (χ2v) is 18.1. The Morgan fingerprint density at radius 1 is 0.246 bits per heavy atom. The normalized spacial score (nSPS) is 10.1. The molecule has 0 radical (unpaired) electrons. The third kappa shape index (κ3) is 114. The van der Waals surface area contributed by atoms with Crippen LogP contribution in [0.15, 0.2) is 0 Å². The van der Waals surface area contributed by atoms with Gasteiger partial charge in [-0.05, 0) is 113 Å². The van der Waals surface area contributed by atoms with E-state index in [0.29, 0.717) is 35.5 Å². The summed E-state index contributed by atoms with van der Waals surface area (Å²) in [6, 6.07) is 0. The fraction of sp³-hybridized carbons (Fsp3) is 0.875. The van der Waals surface area contributed by atoms with Crippen molar-refractivity contribution < 1.29 is 80.5 Å². The van der Waals surface area contributed by atoms with Crippen LogP contribution in [-0.2, 0) is 49.8 Å². The first-order valence-corrected chi connectivity index (χ1v) is 22.9. The van der Waals surface area contributed by atoms with Gasteiger partial charge in [0.05, 0.1) is 0 Å². The molecule has 0 aromatic carbocycles. The first kappa shape index (κ1) is 72.9. The topological polar surface area (TPSA) is 241 Å². The Morgan fingerprint density at radius 2 is 0.344 bits per heavy atom. The van der Waals surface area contributed by atoms with Gasteiger partial charge in [0, 0.05) is 56.9 Å². The predicted molar refractivity (Wildman–Crippen MR) is 230 cm³/mol. The van der Waals surface area contributed by atoms with Crippen molar-refractivity contribution >= 4 is 35.8 Å². The summed E-state index contributed by atoms with van der Waals surface area (Å²) >= 11 is 0. The average Bonchev–Trinajstić information content (AvgIpc) is 3.10. The maximum absolute atomic E-state index is 9.93. The molecule has 0 aliphatic heterocycles. The van der Waals surface area contributed by atoms with Gasteiger partial charge in [-0.1, -0.05) is 160 Å². The van der Waals surface area contributed by atoms with Gasteiger partial charge in [-0.3, -0.25) is 0 Å². The molecule has 0 heterocycles. The molecule has 0 aromatic rings. The van der Waals surface area contributed by atoms with Crippen LogP contribution in [0.2, 0.25) is 0 Å². The van der Waals surface area contributed by atoms with Crippen LogP contribution >= 0.6 is 0 Å². The molecule has 0 fully saturated rings. The summed E-state index contributed by atoms with van der Waals surface area (Å²) in [7, 11) is 0. The number of hydrogen-bond donors (Lipinski definition) is 0. The van der Waals surface area contributed by atoms with Crippen LogP contribution in [0.1, 0.15) is 237 Å². The molecule has 0 rings (SSSR count). The van der Waals surface area contributed by atoms with E-state index in [-0.39, 0.29) is 59.6 Å². The predicted octanol–water partition coefficient (Wildman–Crippen LogP) is 5.71. The second kappa shape index (κ2) is 55.5. The van der Waals surface area contributed by atoms with Crippen molar-refractivity contribution in [2.75, 3.05) is 0 Å². The van der Waals surface area contributed by atoms with Crippen LogP contribution in [0.4, 0.5) is 0 Å². The Labute approximate surface area is 387 Å². The van der Waals surface area contributed by atoms with Gasteiger partial charge < -0.3 is 59.4 Å². The van der Waals surface area contributed by atoms with Gasteiger partial charge in [-0.15, -0.1) is 0 Å². The number of carboxylic acid groups (broad SMARTS) is 6. The first-order valence-electron chi connectivity index (χ1n) is 22.9. The smallest absolute Gasteiger partial charge is 0.0414 e. The molecular formula is C48H90MoO12-6. The molecule has 0 aromatic heterocycles. The largest absolute Gasteiger partial charge is 0.550 e. The van der Waals surface area contributed by atoms with E-state index >= 15 is 0 Å². The Balaban J connectivity index is -0.000000114. The molecular weight excluding hydrogens is 864 g/mol. The summed E-state index contributed by atoms with van der Waals surface area (Å²) in [6.45, 7) is 25.7. The maximum Gasteiger partial charge on any atom is 0.0414 e. The zero-order valence-corrected chi connectivity index (χ0v) is 42.7. The Hall–Kier alpha value is -2.49. The first-order chi connectivity index (χ1) is 27.8. The third-order valence-electron chi connectivity index (χ3n) is 8.47. The minimum atomic E-state index is -0.927. The molecule has 0 saturated carbocycles. The van der Waals surface area contributed by atoms with E-state index in [0.717, 1.165) is 116 Å². The fourth-order valence-corrected chi connectivity index (χ4v) is 4.93. The van der Waals surface area contributed by atoms with E-state index in [2.05, 4.69) is 83.1 Å². The number of rotatable bonds is 30. The van der Waals surface area contributed by atoms with E-state index in [1.807, 2.05) is 0 Å².